The number of benzene rings is 2. The second-order valence-corrected chi connectivity index (χ2v) is 10.5. The number of halogens is 3. The normalized spacial score (nSPS) is 16.0. The van der Waals surface area contributed by atoms with E-state index in [0.29, 0.717) is 21.9 Å². The van der Waals surface area contributed by atoms with Crippen molar-refractivity contribution in [2.24, 2.45) is 0 Å². The van der Waals surface area contributed by atoms with Crippen molar-refractivity contribution < 1.29 is 22.8 Å². The minimum atomic E-state index is -4.14. The number of fused-ring (bicyclic) bond motifs is 1. The Bertz CT molecular complexity index is 1090. The third-order valence-electron chi connectivity index (χ3n) is 4.96. The standard InChI is InChI=1S/C21H22ClF2O3PS/c1-4-12(2)27-28(25,26)18(11-14-8-9-16(23)17(24)10-14)21-13(3)20-15(22)6-5-7-19(20)29-21/h5-10,12,18H,4,11H2,1-3H3,(H,25,26). The summed E-state index contributed by atoms with van der Waals surface area (Å²) in [5.74, 6) is -1.95. The van der Waals surface area contributed by atoms with Gasteiger partial charge in [0.1, 0.15) is 0 Å². The minimum absolute atomic E-state index is 0.0344. The maximum Gasteiger partial charge on any atom is 0.336 e. The van der Waals surface area contributed by atoms with Gasteiger partial charge in [-0.05, 0) is 62.1 Å². The summed E-state index contributed by atoms with van der Waals surface area (Å²) in [6, 6.07) is 8.99. The molecular formula is C21H22ClF2O3PS. The number of rotatable bonds is 7. The summed E-state index contributed by atoms with van der Waals surface area (Å²) < 4.78 is 46.8. The fourth-order valence-corrected chi connectivity index (χ4v) is 7.14. The van der Waals surface area contributed by atoms with Crippen LogP contribution in [0.1, 0.15) is 41.9 Å². The van der Waals surface area contributed by atoms with Crippen LogP contribution in [0.5, 0.6) is 0 Å². The number of thiophene rings is 1. The van der Waals surface area contributed by atoms with Crippen molar-refractivity contribution in [3.05, 3.63) is 69.1 Å². The van der Waals surface area contributed by atoms with Crippen LogP contribution in [0.2, 0.25) is 5.02 Å². The molecule has 1 N–H and O–H groups in total. The number of hydrogen-bond donors (Lipinski definition) is 1. The van der Waals surface area contributed by atoms with Crippen LogP contribution >= 0.6 is 30.5 Å². The highest BCUT2D eigenvalue weighted by Crippen LogP contribution is 2.61. The van der Waals surface area contributed by atoms with Gasteiger partial charge < -0.3 is 9.42 Å². The van der Waals surface area contributed by atoms with Crippen molar-refractivity contribution in [1.82, 2.24) is 0 Å². The average molecular weight is 459 g/mol. The molecule has 8 heteroatoms. The molecular weight excluding hydrogens is 437 g/mol. The number of aryl methyl sites for hydroxylation is 1. The van der Waals surface area contributed by atoms with E-state index in [2.05, 4.69) is 0 Å². The van der Waals surface area contributed by atoms with Gasteiger partial charge in [-0.15, -0.1) is 11.3 Å². The predicted molar refractivity (Wildman–Crippen MR) is 115 cm³/mol. The lowest BCUT2D eigenvalue weighted by Crippen LogP contribution is -2.12. The Kier molecular flexibility index (Phi) is 6.81. The number of hydrogen-bond acceptors (Lipinski definition) is 3. The van der Waals surface area contributed by atoms with Crippen molar-refractivity contribution >= 4 is 40.6 Å². The first-order valence-corrected chi connectivity index (χ1v) is 12.1. The van der Waals surface area contributed by atoms with Gasteiger partial charge in [0.05, 0.1) is 11.8 Å². The summed E-state index contributed by atoms with van der Waals surface area (Å²) in [5, 5.41) is 1.39. The van der Waals surface area contributed by atoms with Gasteiger partial charge in [0.2, 0.25) is 0 Å². The van der Waals surface area contributed by atoms with Gasteiger partial charge in [0, 0.05) is 20.0 Å². The zero-order valence-corrected chi connectivity index (χ0v) is 18.8. The van der Waals surface area contributed by atoms with E-state index in [1.54, 1.807) is 13.0 Å². The van der Waals surface area contributed by atoms with E-state index in [4.69, 9.17) is 16.1 Å². The highest BCUT2D eigenvalue weighted by atomic mass is 35.5. The van der Waals surface area contributed by atoms with Crippen molar-refractivity contribution in [1.29, 1.82) is 0 Å². The van der Waals surface area contributed by atoms with E-state index in [0.717, 1.165) is 27.8 Å². The summed E-state index contributed by atoms with van der Waals surface area (Å²) in [6.45, 7) is 5.44. The Morgan fingerprint density at radius 1 is 1.24 bits per heavy atom. The summed E-state index contributed by atoms with van der Waals surface area (Å²) >= 11 is 7.72. The lowest BCUT2D eigenvalue weighted by molar-refractivity contribution is 0.180. The monoisotopic (exact) mass is 458 g/mol. The Hall–Kier alpha value is -1.30. The molecule has 0 saturated heterocycles. The molecule has 3 rings (SSSR count). The van der Waals surface area contributed by atoms with Crippen molar-refractivity contribution in [3.8, 4) is 0 Å². The molecule has 1 heterocycles. The Balaban J connectivity index is 2.12. The lowest BCUT2D eigenvalue weighted by Gasteiger charge is -2.25. The van der Waals surface area contributed by atoms with Gasteiger partial charge in [-0.2, -0.15) is 0 Å². The molecule has 0 amide bonds. The smallest absolute Gasteiger partial charge is 0.324 e. The van der Waals surface area contributed by atoms with Crippen LogP contribution in [0.25, 0.3) is 10.1 Å². The molecule has 0 aliphatic heterocycles. The van der Waals surface area contributed by atoms with Gasteiger partial charge >= 0.3 is 7.60 Å². The zero-order valence-electron chi connectivity index (χ0n) is 16.3. The molecule has 3 atom stereocenters. The summed E-state index contributed by atoms with van der Waals surface area (Å²) in [5.41, 5.74) is 0.291. The maximum absolute atomic E-state index is 13.7. The molecule has 3 aromatic rings. The Morgan fingerprint density at radius 2 is 1.97 bits per heavy atom. The van der Waals surface area contributed by atoms with Gasteiger partial charge in [0.15, 0.2) is 11.6 Å². The van der Waals surface area contributed by atoms with Crippen LogP contribution in [-0.2, 0) is 15.5 Å². The molecule has 0 radical (unpaired) electrons. The third kappa shape index (κ3) is 4.73. The molecule has 1 aromatic heterocycles. The first-order chi connectivity index (χ1) is 13.6. The van der Waals surface area contributed by atoms with Crippen molar-refractivity contribution in [2.75, 3.05) is 0 Å². The molecule has 3 unspecified atom stereocenters. The van der Waals surface area contributed by atoms with Crippen molar-refractivity contribution in [3.63, 3.8) is 0 Å². The van der Waals surface area contributed by atoms with E-state index in [-0.39, 0.29) is 6.42 Å². The van der Waals surface area contributed by atoms with Crippen molar-refractivity contribution in [2.45, 2.75) is 45.4 Å². The molecule has 156 valence electrons. The average Bonchev–Trinajstić information content (AvgIpc) is 2.99. The summed E-state index contributed by atoms with van der Waals surface area (Å²) in [7, 11) is -4.14. The van der Waals surface area contributed by atoms with E-state index in [9.17, 15) is 18.2 Å². The molecule has 0 saturated carbocycles. The molecule has 0 bridgehead atoms. The summed E-state index contributed by atoms with van der Waals surface area (Å²) in [4.78, 5) is 11.5. The van der Waals surface area contributed by atoms with Crippen LogP contribution in [0.15, 0.2) is 36.4 Å². The fraction of sp³-hybridized carbons (Fsp3) is 0.333. The lowest BCUT2D eigenvalue weighted by atomic mass is 10.0. The minimum Gasteiger partial charge on any atom is -0.324 e. The fourth-order valence-electron chi connectivity index (χ4n) is 3.24. The van der Waals surface area contributed by atoms with Gasteiger partial charge in [-0.1, -0.05) is 30.7 Å². The maximum atomic E-state index is 13.7. The Labute approximate surface area is 177 Å². The highest BCUT2D eigenvalue weighted by molar-refractivity contribution is 7.53. The van der Waals surface area contributed by atoms with Crippen LogP contribution in [0.3, 0.4) is 0 Å². The summed E-state index contributed by atoms with van der Waals surface area (Å²) in [6.07, 6.45) is 0.184. The molecule has 2 aromatic carbocycles. The van der Waals surface area contributed by atoms with Crippen LogP contribution in [0, 0.1) is 18.6 Å². The zero-order chi connectivity index (χ0) is 21.3. The predicted octanol–water partition coefficient (Wildman–Crippen LogP) is 7.43. The largest absolute Gasteiger partial charge is 0.336 e. The molecule has 0 fully saturated rings. The van der Waals surface area contributed by atoms with Crippen LogP contribution in [0.4, 0.5) is 8.78 Å². The molecule has 0 aliphatic carbocycles. The SMILES string of the molecule is CCC(C)OP(=O)(O)C(Cc1ccc(F)c(F)c1)c1sc2cccc(Cl)c2c1C. The van der Waals surface area contributed by atoms with E-state index in [1.807, 2.05) is 26.0 Å². The second kappa shape index (κ2) is 8.83. The van der Waals surface area contributed by atoms with Crippen LogP contribution < -0.4 is 0 Å². The van der Waals surface area contributed by atoms with E-state index >= 15 is 0 Å². The van der Waals surface area contributed by atoms with Gasteiger partial charge in [0.25, 0.3) is 0 Å². The first kappa shape index (κ1) is 22.4. The topological polar surface area (TPSA) is 46.5 Å². The highest BCUT2D eigenvalue weighted by Gasteiger charge is 2.38. The van der Waals surface area contributed by atoms with E-state index < -0.39 is 31.0 Å². The molecule has 0 spiro atoms. The second-order valence-electron chi connectivity index (χ2n) is 7.06. The molecule has 29 heavy (non-hydrogen) atoms. The molecule has 3 nitrogen and oxygen atoms in total. The first-order valence-electron chi connectivity index (χ1n) is 9.26. The third-order valence-corrected chi connectivity index (χ3v) is 8.71. The molecule has 0 aliphatic rings. The van der Waals surface area contributed by atoms with Crippen LogP contribution in [-0.4, -0.2) is 11.0 Å². The quantitative estimate of drug-likeness (QED) is 0.374. The van der Waals surface area contributed by atoms with E-state index in [1.165, 1.54) is 17.4 Å². The van der Waals surface area contributed by atoms with Gasteiger partial charge in [-0.3, -0.25) is 4.57 Å². The Morgan fingerprint density at radius 3 is 2.59 bits per heavy atom. The van der Waals surface area contributed by atoms with Gasteiger partial charge in [-0.25, -0.2) is 8.78 Å².